The molecule has 1 aromatic carbocycles. The van der Waals surface area contributed by atoms with Gasteiger partial charge in [-0.15, -0.1) is 0 Å². The minimum Gasteiger partial charge on any atom is -0.480 e. The number of aliphatic hydroxyl groups is 2. The van der Waals surface area contributed by atoms with Gasteiger partial charge < -0.3 is 47.6 Å². The largest absolute Gasteiger partial charge is 0.480 e. The number of carboxylic acid groups (broad SMARTS) is 1. The van der Waals surface area contributed by atoms with Crippen LogP contribution in [-0.2, 0) is 35.2 Å². The molecule has 0 aliphatic heterocycles. The molecule has 0 fully saturated rings. The van der Waals surface area contributed by atoms with Crippen LogP contribution in [0.2, 0.25) is 0 Å². The average molecular weight is 655 g/mol. The molecule has 1 aromatic rings. The summed E-state index contributed by atoms with van der Waals surface area (Å²) in [6.45, 7) is 7.39. The zero-order valence-electron chi connectivity index (χ0n) is 26.0. The topological polar surface area (TPSA) is 249 Å². The van der Waals surface area contributed by atoms with E-state index in [4.69, 9.17) is 10.8 Å². The smallest absolute Gasteiger partial charge is 0.325 e. The number of hydrogen-bond acceptors (Lipinski definition) is 10. The van der Waals surface area contributed by atoms with Crippen molar-refractivity contribution in [1.29, 1.82) is 0 Å². The van der Waals surface area contributed by atoms with Gasteiger partial charge in [-0.3, -0.25) is 28.8 Å². The highest BCUT2D eigenvalue weighted by Gasteiger charge is 2.34. The molecule has 5 amide bonds. The second-order valence-electron chi connectivity index (χ2n) is 11.2. The maximum Gasteiger partial charge on any atom is 0.325 e. The quantitative estimate of drug-likeness (QED) is 0.0767. The number of carbonyl (C=O) groups is 6. The molecule has 0 spiro atoms. The van der Waals surface area contributed by atoms with E-state index in [9.17, 15) is 39.0 Å². The number of amides is 5. The highest BCUT2D eigenvalue weighted by Crippen LogP contribution is 2.10. The number of carboxylic acids is 1. The molecule has 1 rings (SSSR count). The molecule has 252 valence electrons. The predicted molar refractivity (Wildman–Crippen MR) is 168 cm³/mol. The summed E-state index contributed by atoms with van der Waals surface area (Å²) in [5.41, 5.74) is 6.30. The van der Waals surface area contributed by atoms with Gasteiger partial charge in [0.1, 0.15) is 36.3 Å². The highest BCUT2D eigenvalue weighted by molar-refractivity contribution is 7.80. The number of nitrogens with one attached hydrogen (secondary N) is 5. The van der Waals surface area contributed by atoms with Gasteiger partial charge in [0.25, 0.3) is 0 Å². The number of rotatable bonds is 18. The lowest BCUT2D eigenvalue weighted by Gasteiger charge is -2.28. The van der Waals surface area contributed by atoms with Crippen LogP contribution in [0, 0.1) is 5.92 Å². The average Bonchev–Trinajstić information content (AvgIpc) is 2.96. The van der Waals surface area contributed by atoms with Gasteiger partial charge in [-0.25, -0.2) is 0 Å². The summed E-state index contributed by atoms with van der Waals surface area (Å²) in [6.07, 6.45) is -2.53. The van der Waals surface area contributed by atoms with Crippen molar-refractivity contribution in [2.75, 3.05) is 5.75 Å². The Kier molecular flexibility index (Phi) is 16.5. The van der Waals surface area contributed by atoms with Crippen molar-refractivity contribution in [2.45, 2.75) is 95.9 Å². The van der Waals surface area contributed by atoms with E-state index in [2.05, 4.69) is 39.2 Å². The molecule has 15 nitrogen and oxygen atoms in total. The number of carbonyl (C=O) groups excluding carboxylic acids is 5. The van der Waals surface area contributed by atoms with E-state index < -0.39 is 84.0 Å². The Morgan fingerprint density at radius 2 is 1.22 bits per heavy atom. The first kappa shape index (κ1) is 39.3. The monoisotopic (exact) mass is 654 g/mol. The van der Waals surface area contributed by atoms with Crippen molar-refractivity contribution < 1.29 is 44.1 Å². The zero-order chi connectivity index (χ0) is 34.4. The molecule has 0 heterocycles. The standard InChI is InChI=1S/C29H46N6O9S/c1-14(2)11-19(33-28(42)23(17(5)37)35-27(41)22(30)16(4)36)24(38)32-20(12-18-9-7-6-8-10-18)25(39)34-21(13-45)26(40)31-15(3)29(43)44/h6-10,14-17,19-23,36-37,45H,11-13,30H2,1-5H3,(H,31,40)(H,32,38)(H,33,42)(H,34,39)(H,35,41)(H,43,44). The van der Waals surface area contributed by atoms with Crippen LogP contribution in [0.25, 0.3) is 0 Å². The third-order valence-corrected chi connectivity index (χ3v) is 7.05. The van der Waals surface area contributed by atoms with Crippen LogP contribution in [0.15, 0.2) is 30.3 Å². The van der Waals surface area contributed by atoms with Crippen molar-refractivity contribution in [1.82, 2.24) is 26.6 Å². The molecule has 0 aromatic heterocycles. The van der Waals surface area contributed by atoms with Gasteiger partial charge in [0, 0.05) is 12.2 Å². The Balaban J connectivity index is 3.24. The summed E-state index contributed by atoms with van der Waals surface area (Å²) in [6, 6.07) is 0.887. The molecule has 0 aliphatic carbocycles. The fourth-order valence-electron chi connectivity index (χ4n) is 4.01. The van der Waals surface area contributed by atoms with Crippen LogP contribution in [0.5, 0.6) is 0 Å². The maximum atomic E-state index is 13.6. The van der Waals surface area contributed by atoms with E-state index >= 15 is 0 Å². The van der Waals surface area contributed by atoms with Crippen LogP contribution in [-0.4, -0.2) is 105 Å². The second kappa shape index (κ2) is 18.9. The van der Waals surface area contributed by atoms with Gasteiger partial charge in [-0.2, -0.15) is 12.6 Å². The lowest BCUT2D eigenvalue weighted by atomic mass is 10.00. The summed E-state index contributed by atoms with van der Waals surface area (Å²) in [5, 5.41) is 41.1. The minimum absolute atomic E-state index is 0.00319. The van der Waals surface area contributed by atoms with Crippen LogP contribution < -0.4 is 32.3 Å². The Bertz CT molecular complexity index is 1170. The summed E-state index contributed by atoms with van der Waals surface area (Å²) >= 11 is 4.10. The molecule has 0 radical (unpaired) electrons. The number of nitrogens with two attached hydrogens (primary N) is 1. The molecule has 16 heteroatoms. The fourth-order valence-corrected chi connectivity index (χ4v) is 4.27. The van der Waals surface area contributed by atoms with Crippen molar-refractivity contribution in [3.05, 3.63) is 35.9 Å². The highest BCUT2D eigenvalue weighted by atomic mass is 32.1. The van der Waals surface area contributed by atoms with Gasteiger partial charge >= 0.3 is 5.97 Å². The third-order valence-electron chi connectivity index (χ3n) is 6.69. The molecular weight excluding hydrogens is 608 g/mol. The van der Waals surface area contributed by atoms with E-state index in [-0.39, 0.29) is 24.5 Å². The fraction of sp³-hybridized carbons (Fsp3) is 0.586. The molecule has 10 N–H and O–H groups in total. The van der Waals surface area contributed by atoms with Gasteiger partial charge in [0.05, 0.1) is 12.2 Å². The third kappa shape index (κ3) is 13.4. The van der Waals surface area contributed by atoms with Crippen LogP contribution in [0.1, 0.15) is 46.6 Å². The van der Waals surface area contributed by atoms with Crippen molar-refractivity contribution >= 4 is 48.1 Å². The van der Waals surface area contributed by atoms with Crippen LogP contribution >= 0.6 is 12.6 Å². The van der Waals surface area contributed by atoms with Crippen molar-refractivity contribution in [3.8, 4) is 0 Å². The summed E-state index contributed by atoms with van der Waals surface area (Å²) in [4.78, 5) is 76.3. The number of hydrogen-bond donors (Lipinski definition) is 10. The SMILES string of the molecule is CC(C)CC(NC(=O)C(NC(=O)C(N)C(C)O)C(C)O)C(=O)NC(Cc1ccccc1)C(=O)NC(CS)C(=O)NC(C)C(=O)O. The summed E-state index contributed by atoms with van der Waals surface area (Å²) < 4.78 is 0. The van der Waals surface area contributed by atoms with Crippen LogP contribution in [0.4, 0.5) is 0 Å². The Labute approximate surface area is 267 Å². The first-order valence-corrected chi connectivity index (χ1v) is 15.1. The number of benzene rings is 1. The van der Waals surface area contributed by atoms with Gasteiger partial charge in [0.15, 0.2) is 0 Å². The van der Waals surface area contributed by atoms with Gasteiger partial charge in [-0.1, -0.05) is 44.2 Å². The summed E-state index contributed by atoms with van der Waals surface area (Å²) in [7, 11) is 0. The molecular formula is C29H46N6O9S. The first-order chi connectivity index (χ1) is 21.0. The molecule has 0 aliphatic rings. The molecule has 0 bridgehead atoms. The Morgan fingerprint density at radius 3 is 1.71 bits per heavy atom. The Hall–Kier alpha value is -3.73. The van der Waals surface area contributed by atoms with E-state index in [1.165, 1.54) is 20.8 Å². The lowest BCUT2D eigenvalue weighted by molar-refractivity contribution is -0.141. The number of aliphatic carboxylic acids is 1. The predicted octanol–water partition coefficient (Wildman–Crippen LogP) is -2.18. The van der Waals surface area contributed by atoms with Gasteiger partial charge in [-0.05, 0) is 38.7 Å². The number of aliphatic hydroxyl groups excluding tert-OH is 2. The Morgan fingerprint density at radius 1 is 0.711 bits per heavy atom. The molecule has 45 heavy (non-hydrogen) atoms. The van der Waals surface area contributed by atoms with Crippen molar-refractivity contribution in [3.63, 3.8) is 0 Å². The van der Waals surface area contributed by atoms with E-state index in [0.29, 0.717) is 5.56 Å². The number of thiol groups is 1. The normalized spacial score (nSPS) is 16.5. The van der Waals surface area contributed by atoms with E-state index in [1.54, 1.807) is 44.2 Å². The second-order valence-corrected chi connectivity index (χ2v) is 11.6. The molecule has 0 saturated carbocycles. The first-order valence-electron chi connectivity index (χ1n) is 14.5. The van der Waals surface area contributed by atoms with Crippen molar-refractivity contribution in [2.24, 2.45) is 11.7 Å². The summed E-state index contributed by atoms with van der Waals surface area (Å²) in [5.74, 6) is -5.67. The van der Waals surface area contributed by atoms with E-state index in [0.717, 1.165) is 0 Å². The molecule has 0 saturated heterocycles. The van der Waals surface area contributed by atoms with Gasteiger partial charge in [0.2, 0.25) is 29.5 Å². The zero-order valence-corrected chi connectivity index (χ0v) is 26.9. The molecule has 8 unspecified atom stereocenters. The molecule has 8 atom stereocenters. The van der Waals surface area contributed by atoms with E-state index in [1.807, 2.05) is 0 Å². The maximum absolute atomic E-state index is 13.6. The van der Waals surface area contributed by atoms with Crippen LogP contribution in [0.3, 0.4) is 0 Å². The minimum atomic E-state index is -1.52. The lowest BCUT2D eigenvalue weighted by Crippen LogP contribution is -2.61.